The van der Waals surface area contributed by atoms with Gasteiger partial charge in [0.15, 0.2) is 0 Å². The van der Waals surface area contributed by atoms with Crippen molar-refractivity contribution in [3.05, 3.63) is 59.9 Å². The summed E-state index contributed by atoms with van der Waals surface area (Å²) in [6, 6.07) is 11.4. The van der Waals surface area contributed by atoms with E-state index >= 15 is 0 Å². The number of carbonyl (C=O) groups is 1. The Balaban J connectivity index is 1.84. The highest BCUT2D eigenvalue weighted by atomic mass is 16.5. The lowest BCUT2D eigenvalue weighted by molar-refractivity contribution is -0.124. The molecule has 1 aromatic heterocycles. The number of amides is 1. The molecule has 1 fully saturated rings. The van der Waals surface area contributed by atoms with E-state index < -0.39 is 5.54 Å². The third-order valence-electron chi connectivity index (χ3n) is 5.66. The number of rotatable bonds is 9. The molecular weight excluding hydrogens is 352 g/mol. The van der Waals surface area contributed by atoms with E-state index in [1.165, 1.54) is 12.8 Å². The Bertz CT molecular complexity index is 745. The first-order valence-electron chi connectivity index (χ1n) is 9.93. The summed E-state index contributed by atoms with van der Waals surface area (Å²) in [6.45, 7) is 2.88. The summed E-state index contributed by atoms with van der Waals surface area (Å²) in [5.74, 6) is 1.05. The minimum Gasteiger partial charge on any atom is -0.497 e. The molecule has 0 radical (unpaired) electrons. The van der Waals surface area contributed by atoms with Crippen LogP contribution in [0.1, 0.15) is 30.4 Å². The number of carbonyl (C=O) groups excluding carboxylic acids is 1. The molecule has 0 spiro atoms. The fraction of sp³-hybridized carbons (Fsp3) is 0.455. The van der Waals surface area contributed by atoms with Crippen LogP contribution in [0.2, 0.25) is 0 Å². The average Bonchev–Trinajstić information content (AvgIpc) is 2.74. The van der Waals surface area contributed by atoms with Crippen LogP contribution in [0.3, 0.4) is 0 Å². The third kappa shape index (κ3) is 4.88. The van der Waals surface area contributed by atoms with Crippen molar-refractivity contribution in [2.75, 3.05) is 26.7 Å². The summed E-state index contributed by atoms with van der Waals surface area (Å²) in [5, 5.41) is 6.92. The molecule has 0 bridgehead atoms. The normalized spacial score (nSPS) is 17.0. The SMILES string of the molecule is COc1ccc(C(Cc2ccncc2)(NCCC2CCNCC2)C(N)=O)cc1. The molecular formula is C22H30N4O2. The second-order valence-electron chi connectivity index (χ2n) is 7.44. The number of hydrogen-bond donors (Lipinski definition) is 3. The quantitative estimate of drug-likeness (QED) is 0.617. The Labute approximate surface area is 166 Å². The second-order valence-corrected chi connectivity index (χ2v) is 7.44. The van der Waals surface area contributed by atoms with Gasteiger partial charge in [0.25, 0.3) is 0 Å². The van der Waals surface area contributed by atoms with E-state index in [0.29, 0.717) is 12.3 Å². The van der Waals surface area contributed by atoms with Gasteiger partial charge in [-0.1, -0.05) is 12.1 Å². The van der Waals surface area contributed by atoms with Crippen molar-refractivity contribution < 1.29 is 9.53 Å². The van der Waals surface area contributed by atoms with E-state index in [1.54, 1.807) is 19.5 Å². The molecule has 1 amide bonds. The fourth-order valence-electron chi connectivity index (χ4n) is 3.93. The summed E-state index contributed by atoms with van der Waals surface area (Å²) in [4.78, 5) is 16.8. The van der Waals surface area contributed by atoms with E-state index in [-0.39, 0.29) is 5.91 Å². The molecule has 3 rings (SSSR count). The number of nitrogens with one attached hydrogen (secondary N) is 2. The molecule has 6 nitrogen and oxygen atoms in total. The second kappa shape index (κ2) is 9.66. The summed E-state index contributed by atoms with van der Waals surface area (Å²) in [6.07, 6.45) is 7.34. The number of methoxy groups -OCH3 is 1. The molecule has 1 atom stereocenters. The van der Waals surface area contributed by atoms with Crippen molar-refractivity contribution >= 4 is 5.91 Å². The monoisotopic (exact) mass is 382 g/mol. The first-order chi connectivity index (χ1) is 13.6. The molecule has 1 aliphatic rings. The molecule has 1 aromatic carbocycles. The van der Waals surface area contributed by atoms with Crippen LogP contribution in [-0.4, -0.2) is 37.6 Å². The number of benzene rings is 1. The number of piperidine rings is 1. The topological polar surface area (TPSA) is 89.3 Å². The summed E-state index contributed by atoms with van der Waals surface area (Å²) >= 11 is 0. The maximum atomic E-state index is 12.8. The van der Waals surface area contributed by atoms with Gasteiger partial charge in [0.2, 0.25) is 5.91 Å². The number of primary amides is 1. The maximum Gasteiger partial charge on any atom is 0.242 e. The molecule has 150 valence electrons. The molecule has 2 heterocycles. The Hall–Kier alpha value is -2.44. The van der Waals surface area contributed by atoms with Crippen molar-refractivity contribution in [1.82, 2.24) is 15.6 Å². The smallest absolute Gasteiger partial charge is 0.242 e. The molecule has 2 aromatic rings. The molecule has 1 saturated heterocycles. The van der Waals surface area contributed by atoms with Crippen LogP contribution >= 0.6 is 0 Å². The Morgan fingerprint density at radius 2 is 1.89 bits per heavy atom. The Morgan fingerprint density at radius 1 is 1.21 bits per heavy atom. The highest BCUT2D eigenvalue weighted by Crippen LogP contribution is 2.28. The van der Waals surface area contributed by atoms with Crippen molar-refractivity contribution in [2.24, 2.45) is 11.7 Å². The highest BCUT2D eigenvalue weighted by molar-refractivity contribution is 5.86. The van der Waals surface area contributed by atoms with Crippen molar-refractivity contribution in [3.63, 3.8) is 0 Å². The lowest BCUT2D eigenvalue weighted by Gasteiger charge is -2.34. The van der Waals surface area contributed by atoms with E-state index in [1.807, 2.05) is 36.4 Å². The van der Waals surface area contributed by atoms with Gasteiger partial charge < -0.3 is 15.8 Å². The molecule has 4 N–H and O–H groups in total. The molecule has 1 unspecified atom stereocenters. The predicted molar refractivity (Wildman–Crippen MR) is 110 cm³/mol. The van der Waals surface area contributed by atoms with Crippen LogP contribution in [-0.2, 0) is 16.8 Å². The standard InChI is InChI=1S/C22H30N4O2/c1-28-20-4-2-19(3-5-20)22(21(23)27,16-18-8-13-25-14-9-18)26-15-10-17-6-11-24-12-7-17/h2-5,8-9,13-14,17,24,26H,6-7,10-12,15-16H2,1H3,(H2,23,27). The highest BCUT2D eigenvalue weighted by Gasteiger charge is 2.38. The summed E-state index contributed by atoms with van der Waals surface area (Å²) in [7, 11) is 1.63. The van der Waals surface area contributed by atoms with E-state index in [2.05, 4.69) is 15.6 Å². The van der Waals surface area contributed by atoms with Crippen LogP contribution in [0, 0.1) is 5.92 Å². The van der Waals surface area contributed by atoms with Gasteiger partial charge in [0.05, 0.1) is 7.11 Å². The first-order valence-corrected chi connectivity index (χ1v) is 9.93. The number of ether oxygens (including phenoxy) is 1. The van der Waals surface area contributed by atoms with Gasteiger partial charge in [-0.15, -0.1) is 0 Å². The minimum atomic E-state index is -0.972. The Morgan fingerprint density at radius 3 is 2.50 bits per heavy atom. The van der Waals surface area contributed by atoms with Gasteiger partial charge in [0, 0.05) is 18.8 Å². The van der Waals surface area contributed by atoms with Crippen molar-refractivity contribution in [3.8, 4) is 5.75 Å². The molecule has 28 heavy (non-hydrogen) atoms. The lowest BCUT2D eigenvalue weighted by Crippen LogP contribution is -2.54. The van der Waals surface area contributed by atoms with Gasteiger partial charge in [-0.05, 0) is 80.2 Å². The zero-order valence-corrected chi connectivity index (χ0v) is 16.5. The van der Waals surface area contributed by atoms with Gasteiger partial charge in [-0.2, -0.15) is 0 Å². The van der Waals surface area contributed by atoms with Gasteiger partial charge in [0.1, 0.15) is 11.3 Å². The molecule has 1 aliphatic heterocycles. The minimum absolute atomic E-state index is 0.375. The molecule has 0 aliphatic carbocycles. The largest absolute Gasteiger partial charge is 0.497 e. The maximum absolute atomic E-state index is 12.8. The zero-order valence-electron chi connectivity index (χ0n) is 16.5. The summed E-state index contributed by atoms with van der Waals surface area (Å²) in [5.41, 5.74) is 6.87. The van der Waals surface area contributed by atoms with Crippen molar-refractivity contribution in [2.45, 2.75) is 31.2 Å². The van der Waals surface area contributed by atoms with E-state index in [9.17, 15) is 4.79 Å². The van der Waals surface area contributed by atoms with Crippen LogP contribution in [0.5, 0.6) is 5.75 Å². The molecule has 6 heteroatoms. The van der Waals surface area contributed by atoms with Crippen molar-refractivity contribution in [1.29, 1.82) is 0 Å². The molecule has 0 saturated carbocycles. The number of pyridine rings is 1. The van der Waals surface area contributed by atoms with Crippen LogP contribution in [0.4, 0.5) is 0 Å². The van der Waals surface area contributed by atoms with E-state index in [0.717, 1.165) is 42.9 Å². The van der Waals surface area contributed by atoms with Crippen LogP contribution < -0.4 is 21.1 Å². The third-order valence-corrected chi connectivity index (χ3v) is 5.66. The van der Waals surface area contributed by atoms with E-state index in [4.69, 9.17) is 10.5 Å². The number of nitrogens with zero attached hydrogens (tertiary/aromatic N) is 1. The Kier molecular flexibility index (Phi) is 7.01. The summed E-state index contributed by atoms with van der Waals surface area (Å²) < 4.78 is 5.27. The number of hydrogen-bond acceptors (Lipinski definition) is 5. The number of aromatic nitrogens is 1. The average molecular weight is 383 g/mol. The predicted octanol–water partition coefficient (Wildman–Crippen LogP) is 1.99. The van der Waals surface area contributed by atoms with Gasteiger partial charge >= 0.3 is 0 Å². The van der Waals surface area contributed by atoms with Gasteiger partial charge in [-0.25, -0.2) is 0 Å². The van der Waals surface area contributed by atoms with Gasteiger partial charge in [-0.3, -0.25) is 15.1 Å². The fourth-order valence-corrected chi connectivity index (χ4v) is 3.93. The lowest BCUT2D eigenvalue weighted by atomic mass is 9.82. The first kappa shape index (κ1) is 20.3. The number of nitrogens with two attached hydrogens (primary N) is 1. The van der Waals surface area contributed by atoms with Crippen LogP contribution in [0.15, 0.2) is 48.8 Å². The zero-order chi connectivity index (χ0) is 19.8. The van der Waals surface area contributed by atoms with Crippen LogP contribution in [0.25, 0.3) is 0 Å².